The molecule has 0 heterocycles. The first kappa shape index (κ1) is 15.8. The number of benzene rings is 1. The molecule has 0 aromatic heterocycles. The Bertz CT molecular complexity index is 528. The topological polar surface area (TPSA) is 75.6 Å². The van der Waals surface area contributed by atoms with E-state index in [2.05, 4.69) is 5.32 Å². The van der Waals surface area contributed by atoms with Crippen molar-refractivity contribution in [3.05, 3.63) is 41.2 Å². The Labute approximate surface area is 116 Å². The zero-order chi connectivity index (χ0) is 15.1. The van der Waals surface area contributed by atoms with Crippen molar-refractivity contribution < 1.29 is 23.8 Å². The third kappa shape index (κ3) is 4.81. The maximum absolute atomic E-state index is 13.8. The fourth-order valence-electron chi connectivity index (χ4n) is 1.40. The highest BCUT2D eigenvalue weighted by molar-refractivity contribution is 5.94. The Balaban J connectivity index is 2.77. The first-order valence-electron chi connectivity index (χ1n) is 5.95. The van der Waals surface area contributed by atoms with E-state index in [0.29, 0.717) is 5.56 Å². The Morgan fingerprint density at radius 3 is 2.75 bits per heavy atom. The third-order valence-corrected chi connectivity index (χ3v) is 2.61. The lowest BCUT2D eigenvalue weighted by atomic mass is 10.1. The summed E-state index contributed by atoms with van der Waals surface area (Å²) < 4.78 is 18.7. The molecular formula is C14H16FNO4. The van der Waals surface area contributed by atoms with Crippen molar-refractivity contribution in [3.8, 4) is 0 Å². The molecule has 108 valence electrons. The number of hydrogen-bond acceptors (Lipinski definition) is 3. The molecule has 0 aliphatic heterocycles. The highest BCUT2D eigenvalue weighted by Gasteiger charge is 2.12. The maximum atomic E-state index is 13.8. The van der Waals surface area contributed by atoms with Crippen molar-refractivity contribution >= 4 is 18.0 Å². The van der Waals surface area contributed by atoms with Crippen LogP contribution >= 0.6 is 0 Å². The second kappa shape index (κ2) is 7.40. The molecule has 1 aromatic carbocycles. The number of ether oxygens (including phenoxy) is 1. The van der Waals surface area contributed by atoms with Gasteiger partial charge in [-0.25, -0.2) is 9.18 Å². The van der Waals surface area contributed by atoms with E-state index in [-0.39, 0.29) is 18.2 Å². The van der Waals surface area contributed by atoms with Gasteiger partial charge in [0.05, 0.1) is 11.7 Å². The quantitative estimate of drug-likeness (QED) is 0.778. The molecule has 1 unspecified atom stereocenters. The molecule has 0 aliphatic rings. The molecule has 0 aliphatic carbocycles. The normalized spacial score (nSPS) is 12.3. The number of methoxy groups -OCH3 is 1. The minimum Gasteiger partial charge on any atom is -0.478 e. The number of aliphatic carboxylic acids is 1. The molecule has 0 bridgehead atoms. The number of carbonyl (C=O) groups is 2. The van der Waals surface area contributed by atoms with Gasteiger partial charge in [0.1, 0.15) is 5.82 Å². The smallest absolute Gasteiger partial charge is 0.328 e. The second-order valence-corrected chi connectivity index (χ2v) is 4.17. The minimum absolute atomic E-state index is 0.0965. The number of carboxylic acids is 1. The molecule has 20 heavy (non-hydrogen) atoms. The van der Waals surface area contributed by atoms with Crippen molar-refractivity contribution in [2.75, 3.05) is 13.7 Å². The standard InChI is InChI=1S/C14H16FNO4/c1-9(20-2)8-16-14(19)11-5-3-10(7-12(11)15)4-6-13(17)18/h3-7,9H,8H2,1-2H3,(H,16,19)(H,17,18)/b6-4+. The highest BCUT2D eigenvalue weighted by atomic mass is 19.1. The largest absolute Gasteiger partial charge is 0.478 e. The number of carbonyl (C=O) groups excluding carboxylic acids is 1. The molecule has 1 amide bonds. The van der Waals surface area contributed by atoms with Crippen LogP contribution in [0.15, 0.2) is 24.3 Å². The molecule has 0 fully saturated rings. The van der Waals surface area contributed by atoms with Crippen LogP contribution in [0.5, 0.6) is 0 Å². The highest BCUT2D eigenvalue weighted by Crippen LogP contribution is 2.12. The molecule has 0 spiro atoms. The summed E-state index contributed by atoms with van der Waals surface area (Å²) in [6, 6.07) is 3.88. The zero-order valence-corrected chi connectivity index (χ0v) is 11.2. The number of hydrogen-bond donors (Lipinski definition) is 2. The number of amides is 1. The van der Waals surface area contributed by atoms with E-state index in [1.165, 1.54) is 25.3 Å². The molecule has 1 atom stereocenters. The molecule has 1 aromatic rings. The fraction of sp³-hybridized carbons (Fsp3) is 0.286. The van der Waals surface area contributed by atoms with Crippen LogP contribution in [0, 0.1) is 5.82 Å². The van der Waals surface area contributed by atoms with Crippen LogP contribution in [0.2, 0.25) is 0 Å². The Morgan fingerprint density at radius 2 is 2.20 bits per heavy atom. The first-order chi connectivity index (χ1) is 9.43. The molecule has 1 rings (SSSR count). The van der Waals surface area contributed by atoms with Crippen LogP contribution in [-0.2, 0) is 9.53 Å². The Hall–Kier alpha value is -2.21. The van der Waals surface area contributed by atoms with Crippen molar-refractivity contribution in [3.63, 3.8) is 0 Å². The number of carboxylic acid groups (broad SMARTS) is 1. The molecule has 0 saturated carbocycles. The molecule has 5 nitrogen and oxygen atoms in total. The average Bonchev–Trinajstić information content (AvgIpc) is 2.42. The van der Waals surface area contributed by atoms with Crippen molar-refractivity contribution in [2.45, 2.75) is 13.0 Å². The maximum Gasteiger partial charge on any atom is 0.328 e. The second-order valence-electron chi connectivity index (χ2n) is 4.17. The predicted molar refractivity (Wildman–Crippen MR) is 71.9 cm³/mol. The summed E-state index contributed by atoms with van der Waals surface area (Å²) in [5.74, 6) is -2.37. The predicted octanol–water partition coefficient (Wildman–Crippen LogP) is 1.69. The molecule has 6 heteroatoms. The van der Waals surface area contributed by atoms with E-state index in [9.17, 15) is 14.0 Å². The lowest BCUT2D eigenvalue weighted by Crippen LogP contribution is -2.32. The van der Waals surface area contributed by atoms with Crippen LogP contribution < -0.4 is 5.32 Å². The van der Waals surface area contributed by atoms with Crippen LogP contribution in [0.3, 0.4) is 0 Å². The van der Waals surface area contributed by atoms with Gasteiger partial charge in [0.25, 0.3) is 5.91 Å². The number of rotatable bonds is 6. The fourth-order valence-corrected chi connectivity index (χ4v) is 1.40. The van der Waals surface area contributed by atoms with E-state index >= 15 is 0 Å². The molecule has 0 saturated heterocycles. The monoisotopic (exact) mass is 281 g/mol. The van der Waals surface area contributed by atoms with Gasteiger partial charge in [-0.2, -0.15) is 0 Å². The van der Waals surface area contributed by atoms with E-state index in [4.69, 9.17) is 9.84 Å². The number of nitrogens with one attached hydrogen (secondary N) is 1. The molecular weight excluding hydrogens is 265 g/mol. The summed E-state index contributed by atoms with van der Waals surface area (Å²) in [4.78, 5) is 22.1. The van der Waals surface area contributed by atoms with Gasteiger partial charge >= 0.3 is 5.97 Å². The summed E-state index contributed by atoms with van der Waals surface area (Å²) in [6.45, 7) is 2.05. The lowest BCUT2D eigenvalue weighted by Gasteiger charge is -2.11. The van der Waals surface area contributed by atoms with Crippen molar-refractivity contribution in [2.24, 2.45) is 0 Å². The van der Waals surface area contributed by atoms with E-state index in [1.54, 1.807) is 6.92 Å². The average molecular weight is 281 g/mol. The van der Waals surface area contributed by atoms with Crippen LogP contribution in [0.1, 0.15) is 22.8 Å². The van der Waals surface area contributed by atoms with Crippen molar-refractivity contribution in [1.82, 2.24) is 5.32 Å². The zero-order valence-electron chi connectivity index (χ0n) is 11.2. The van der Waals surface area contributed by atoms with Gasteiger partial charge in [-0.1, -0.05) is 6.07 Å². The van der Waals surface area contributed by atoms with Crippen LogP contribution in [0.25, 0.3) is 6.08 Å². The number of halogens is 1. The SMILES string of the molecule is COC(C)CNC(=O)c1ccc(/C=C/C(=O)O)cc1F. The summed E-state index contributed by atoms with van der Waals surface area (Å²) in [7, 11) is 1.51. The third-order valence-electron chi connectivity index (χ3n) is 2.61. The van der Waals surface area contributed by atoms with Gasteiger partial charge in [0.15, 0.2) is 0 Å². The van der Waals surface area contributed by atoms with Gasteiger partial charge in [-0.05, 0) is 30.7 Å². The van der Waals surface area contributed by atoms with E-state index < -0.39 is 17.7 Å². The van der Waals surface area contributed by atoms with Crippen LogP contribution in [0.4, 0.5) is 4.39 Å². The Morgan fingerprint density at radius 1 is 1.50 bits per heavy atom. The summed E-state index contributed by atoms with van der Waals surface area (Å²) >= 11 is 0. The molecule has 2 N–H and O–H groups in total. The minimum atomic E-state index is -1.12. The van der Waals surface area contributed by atoms with Gasteiger partial charge in [-0.15, -0.1) is 0 Å². The first-order valence-corrected chi connectivity index (χ1v) is 5.95. The van der Waals surface area contributed by atoms with Crippen molar-refractivity contribution in [1.29, 1.82) is 0 Å². The van der Waals surface area contributed by atoms with Gasteiger partial charge in [-0.3, -0.25) is 4.79 Å². The lowest BCUT2D eigenvalue weighted by molar-refractivity contribution is -0.131. The summed E-state index contributed by atoms with van der Waals surface area (Å²) in [6.07, 6.45) is 1.98. The van der Waals surface area contributed by atoms with Gasteiger partial charge in [0.2, 0.25) is 0 Å². The summed E-state index contributed by atoms with van der Waals surface area (Å²) in [5.41, 5.74) is 0.271. The van der Waals surface area contributed by atoms with E-state index in [1.807, 2.05) is 0 Å². The van der Waals surface area contributed by atoms with Crippen LogP contribution in [-0.4, -0.2) is 36.7 Å². The van der Waals surface area contributed by atoms with E-state index in [0.717, 1.165) is 12.1 Å². The van der Waals surface area contributed by atoms with Gasteiger partial charge < -0.3 is 15.2 Å². The Kier molecular flexibility index (Phi) is 5.86. The van der Waals surface area contributed by atoms with Gasteiger partial charge in [0, 0.05) is 19.7 Å². The molecule has 0 radical (unpaired) electrons. The summed E-state index contributed by atoms with van der Waals surface area (Å²) in [5, 5.41) is 11.0.